The lowest BCUT2D eigenvalue weighted by Crippen LogP contribution is -2.59. The van der Waals surface area contributed by atoms with Crippen molar-refractivity contribution in [1.29, 1.82) is 0 Å². The van der Waals surface area contributed by atoms with E-state index in [4.69, 9.17) is 8.85 Å². The molecule has 4 heteroatoms. The van der Waals surface area contributed by atoms with Crippen LogP contribution in [0.1, 0.15) is 27.7 Å². The van der Waals surface area contributed by atoms with Crippen molar-refractivity contribution in [3.05, 3.63) is 30.3 Å². The molecule has 0 amide bonds. The Labute approximate surface area is 126 Å². The van der Waals surface area contributed by atoms with Crippen LogP contribution in [0.5, 0.6) is 0 Å². The summed E-state index contributed by atoms with van der Waals surface area (Å²) in [5.41, 5.74) is 1.10. The fourth-order valence-electron chi connectivity index (χ4n) is 2.50. The van der Waals surface area contributed by atoms with Gasteiger partial charge in [-0.1, -0.05) is 50.0 Å². The maximum absolute atomic E-state index is 6.46. The molecule has 2 nitrogen and oxygen atoms in total. The molecule has 0 aliphatic rings. The van der Waals surface area contributed by atoms with E-state index < -0.39 is 16.6 Å². The van der Waals surface area contributed by atoms with E-state index in [-0.39, 0.29) is 12.2 Å². The lowest BCUT2D eigenvalue weighted by molar-refractivity contribution is 0.118. The first-order valence-electron chi connectivity index (χ1n) is 7.56. The highest BCUT2D eigenvalue weighted by atomic mass is 28.4. The van der Waals surface area contributed by atoms with Crippen molar-refractivity contribution in [1.82, 2.24) is 0 Å². The van der Waals surface area contributed by atoms with Crippen LogP contribution in [0, 0.1) is 0 Å². The fraction of sp³-hybridized carbons (Fsp3) is 0.625. The van der Waals surface area contributed by atoms with E-state index in [0.29, 0.717) is 0 Å². The lowest BCUT2D eigenvalue weighted by Gasteiger charge is -2.38. The standard InChI is InChI=1S/C16H30O2Si2/c1-14(2)17-20(18-15(3)4,13-19(5,6)7)16-11-9-8-10-12-16/h8-12,14-15H,13H2,1-7H3. The maximum atomic E-state index is 6.46. The summed E-state index contributed by atoms with van der Waals surface area (Å²) in [4.78, 5) is 0. The van der Waals surface area contributed by atoms with Crippen LogP contribution in [-0.4, -0.2) is 28.8 Å². The average molecular weight is 311 g/mol. The Morgan fingerprint density at radius 1 is 0.850 bits per heavy atom. The van der Waals surface area contributed by atoms with Gasteiger partial charge in [0.15, 0.2) is 0 Å². The minimum absolute atomic E-state index is 0.192. The molecule has 0 saturated heterocycles. The van der Waals surface area contributed by atoms with Crippen molar-refractivity contribution in [2.75, 3.05) is 0 Å². The molecular formula is C16H30O2Si2. The smallest absolute Gasteiger partial charge is 0.370 e. The van der Waals surface area contributed by atoms with E-state index >= 15 is 0 Å². The van der Waals surface area contributed by atoms with Gasteiger partial charge in [0.05, 0.1) is 0 Å². The summed E-state index contributed by atoms with van der Waals surface area (Å²) in [6, 6.07) is 10.6. The third-order valence-electron chi connectivity index (χ3n) is 2.83. The molecule has 0 heterocycles. The van der Waals surface area contributed by atoms with Gasteiger partial charge in [-0.3, -0.25) is 0 Å². The fourth-order valence-corrected chi connectivity index (χ4v) is 12.1. The predicted molar refractivity (Wildman–Crippen MR) is 92.4 cm³/mol. The molecule has 0 atom stereocenters. The van der Waals surface area contributed by atoms with Crippen LogP contribution in [0.2, 0.25) is 25.3 Å². The van der Waals surface area contributed by atoms with E-state index in [1.807, 2.05) is 0 Å². The summed E-state index contributed by atoms with van der Waals surface area (Å²) in [6.07, 6.45) is 0.383. The summed E-state index contributed by atoms with van der Waals surface area (Å²) in [7, 11) is -3.67. The highest BCUT2D eigenvalue weighted by Gasteiger charge is 2.45. The molecule has 0 aliphatic carbocycles. The third-order valence-corrected chi connectivity index (χ3v) is 11.9. The number of hydrogen-bond acceptors (Lipinski definition) is 2. The molecule has 0 bridgehead atoms. The largest absolute Gasteiger partial charge is 0.389 e. The summed E-state index contributed by atoms with van der Waals surface area (Å²) < 4.78 is 12.9. The normalized spacial score (nSPS) is 13.2. The van der Waals surface area contributed by atoms with Crippen LogP contribution in [0.25, 0.3) is 0 Å². The zero-order valence-electron chi connectivity index (χ0n) is 14.1. The minimum Gasteiger partial charge on any atom is -0.389 e. The first-order valence-corrected chi connectivity index (χ1v) is 13.3. The third kappa shape index (κ3) is 5.52. The Kier molecular flexibility index (Phi) is 6.19. The van der Waals surface area contributed by atoms with Gasteiger partial charge >= 0.3 is 8.56 Å². The van der Waals surface area contributed by atoms with Gasteiger partial charge in [-0.2, -0.15) is 0 Å². The summed E-state index contributed by atoms with van der Waals surface area (Å²) in [5.74, 6) is 0. The number of benzene rings is 1. The second kappa shape index (κ2) is 7.03. The zero-order valence-corrected chi connectivity index (χ0v) is 16.1. The molecule has 1 aromatic rings. The van der Waals surface area contributed by atoms with Gasteiger partial charge < -0.3 is 8.85 Å². The highest BCUT2D eigenvalue weighted by molar-refractivity contribution is 6.96. The van der Waals surface area contributed by atoms with Crippen LogP contribution in [-0.2, 0) is 8.85 Å². The first kappa shape index (κ1) is 17.6. The zero-order chi connectivity index (χ0) is 15.4. The van der Waals surface area contributed by atoms with Crippen molar-refractivity contribution < 1.29 is 8.85 Å². The van der Waals surface area contributed by atoms with Gasteiger partial charge in [-0.25, -0.2) is 0 Å². The molecule has 0 aliphatic heterocycles. The lowest BCUT2D eigenvalue weighted by atomic mass is 10.4. The van der Waals surface area contributed by atoms with Crippen molar-refractivity contribution in [3.8, 4) is 0 Å². The van der Waals surface area contributed by atoms with Gasteiger partial charge in [0, 0.05) is 20.3 Å². The average Bonchev–Trinajstić information content (AvgIpc) is 2.25. The van der Waals surface area contributed by atoms with E-state index in [1.54, 1.807) is 0 Å². The van der Waals surface area contributed by atoms with Gasteiger partial charge in [0.25, 0.3) is 0 Å². The summed E-state index contributed by atoms with van der Waals surface area (Å²) >= 11 is 0. The quantitative estimate of drug-likeness (QED) is 0.707. The minimum atomic E-state index is -2.37. The van der Waals surface area contributed by atoms with Crippen LogP contribution in [0.15, 0.2) is 30.3 Å². The Hall–Kier alpha value is -0.426. The van der Waals surface area contributed by atoms with Crippen molar-refractivity contribution >= 4 is 21.8 Å². The van der Waals surface area contributed by atoms with Gasteiger partial charge in [0.1, 0.15) is 0 Å². The molecule has 20 heavy (non-hydrogen) atoms. The van der Waals surface area contributed by atoms with E-state index in [9.17, 15) is 0 Å². The molecule has 114 valence electrons. The van der Waals surface area contributed by atoms with E-state index in [2.05, 4.69) is 77.7 Å². The van der Waals surface area contributed by atoms with Gasteiger partial charge in [0.2, 0.25) is 0 Å². The molecule has 0 unspecified atom stereocenters. The molecule has 1 aromatic carbocycles. The second-order valence-electron chi connectivity index (χ2n) is 7.19. The van der Waals surface area contributed by atoms with E-state index in [0.717, 1.165) is 5.67 Å². The SMILES string of the molecule is CC(C)O[Si](C[Si](C)(C)C)(OC(C)C)c1ccccc1. The first-order chi connectivity index (χ1) is 9.15. The van der Waals surface area contributed by atoms with Crippen LogP contribution < -0.4 is 5.19 Å². The Morgan fingerprint density at radius 2 is 1.30 bits per heavy atom. The van der Waals surface area contributed by atoms with Crippen molar-refractivity contribution in [2.45, 2.75) is 65.2 Å². The molecule has 0 fully saturated rings. The van der Waals surface area contributed by atoms with Crippen LogP contribution in [0.4, 0.5) is 0 Å². The molecule has 0 aromatic heterocycles. The molecule has 0 saturated carbocycles. The molecule has 1 rings (SSSR count). The summed E-state index contributed by atoms with van der Waals surface area (Å²) in [6.45, 7) is 15.6. The summed E-state index contributed by atoms with van der Waals surface area (Å²) in [5, 5.41) is 1.27. The number of hydrogen-bond donors (Lipinski definition) is 0. The van der Waals surface area contributed by atoms with E-state index in [1.165, 1.54) is 5.19 Å². The molecule has 0 radical (unpaired) electrons. The Balaban J connectivity index is 3.25. The van der Waals surface area contributed by atoms with Gasteiger partial charge in [-0.05, 0) is 38.5 Å². The molecule has 0 spiro atoms. The van der Waals surface area contributed by atoms with Crippen molar-refractivity contribution in [2.24, 2.45) is 0 Å². The highest BCUT2D eigenvalue weighted by Crippen LogP contribution is 2.25. The topological polar surface area (TPSA) is 18.5 Å². The Bertz CT molecular complexity index is 387. The van der Waals surface area contributed by atoms with Crippen molar-refractivity contribution in [3.63, 3.8) is 0 Å². The Morgan fingerprint density at radius 3 is 1.65 bits per heavy atom. The number of rotatable bonds is 7. The van der Waals surface area contributed by atoms with Crippen LogP contribution >= 0.6 is 0 Å². The predicted octanol–water partition coefficient (Wildman–Crippen LogP) is 4.06. The van der Waals surface area contributed by atoms with Gasteiger partial charge in [-0.15, -0.1) is 0 Å². The maximum Gasteiger partial charge on any atom is 0.370 e. The van der Waals surface area contributed by atoms with Crippen LogP contribution in [0.3, 0.4) is 0 Å². The second-order valence-corrected chi connectivity index (χ2v) is 16.3. The monoisotopic (exact) mass is 310 g/mol. The molecular weight excluding hydrogens is 280 g/mol. The molecule has 0 N–H and O–H groups in total.